The van der Waals surface area contributed by atoms with Crippen molar-refractivity contribution in [2.45, 2.75) is 0 Å². The number of aromatic nitrogens is 3. The first-order chi connectivity index (χ1) is 23.3. The lowest BCUT2D eigenvalue weighted by atomic mass is 9.85. The highest BCUT2D eigenvalue weighted by Gasteiger charge is 2.20. The Morgan fingerprint density at radius 2 is 0.766 bits per heavy atom. The van der Waals surface area contributed by atoms with Crippen LogP contribution in [0, 0.1) is 0 Å². The molecule has 0 unspecified atom stereocenters. The van der Waals surface area contributed by atoms with Gasteiger partial charge in [0.25, 0.3) is 0 Å². The van der Waals surface area contributed by atoms with Crippen molar-refractivity contribution in [3.63, 3.8) is 0 Å². The summed E-state index contributed by atoms with van der Waals surface area (Å²) in [4.78, 5) is 0. The Hall–Kier alpha value is -6.32. The molecule has 3 nitrogen and oxygen atoms in total. The van der Waals surface area contributed by atoms with E-state index in [1.807, 2.05) is 36.4 Å². The van der Waals surface area contributed by atoms with Crippen LogP contribution in [0.2, 0.25) is 0 Å². The van der Waals surface area contributed by atoms with Crippen molar-refractivity contribution in [1.82, 2.24) is 14.8 Å². The summed E-state index contributed by atoms with van der Waals surface area (Å²) in [5.41, 5.74) is 7.99. The predicted molar refractivity (Wildman–Crippen MR) is 196 cm³/mol. The molecule has 0 saturated carbocycles. The summed E-state index contributed by atoms with van der Waals surface area (Å²) < 4.78 is 2.16. The van der Waals surface area contributed by atoms with Gasteiger partial charge >= 0.3 is 0 Å². The van der Waals surface area contributed by atoms with Crippen molar-refractivity contribution in [3.05, 3.63) is 176 Å². The minimum Gasteiger partial charge on any atom is -0.275 e. The molecule has 0 amide bonds. The summed E-state index contributed by atoms with van der Waals surface area (Å²) in [6, 6.07) is 62.4. The number of benzene rings is 8. The fraction of sp³-hybridized carbons (Fsp3) is 0. The molecule has 0 spiro atoms. The Labute approximate surface area is 273 Å². The number of hydrogen-bond donors (Lipinski definition) is 0. The van der Waals surface area contributed by atoms with Crippen molar-refractivity contribution in [1.29, 1.82) is 0 Å². The van der Waals surface area contributed by atoms with Crippen LogP contribution in [0.15, 0.2) is 176 Å². The van der Waals surface area contributed by atoms with Gasteiger partial charge in [-0.15, -0.1) is 10.2 Å². The zero-order chi connectivity index (χ0) is 31.2. The molecule has 0 fully saturated rings. The van der Waals surface area contributed by atoms with Crippen LogP contribution in [-0.2, 0) is 0 Å². The topological polar surface area (TPSA) is 30.7 Å². The quantitative estimate of drug-likeness (QED) is 0.184. The van der Waals surface area contributed by atoms with Crippen LogP contribution < -0.4 is 0 Å². The minimum absolute atomic E-state index is 0.813. The molecular formula is C44H29N3. The Morgan fingerprint density at radius 3 is 1.32 bits per heavy atom. The fourth-order valence-corrected chi connectivity index (χ4v) is 7.03. The number of fused-ring (bicyclic) bond motifs is 3. The molecule has 1 aromatic heterocycles. The van der Waals surface area contributed by atoms with Crippen molar-refractivity contribution in [2.75, 3.05) is 0 Å². The van der Waals surface area contributed by atoms with Crippen molar-refractivity contribution in [3.8, 4) is 50.7 Å². The van der Waals surface area contributed by atoms with Crippen LogP contribution in [0.1, 0.15) is 0 Å². The molecule has 0 aliphatic rings. The standard InChI is InChI=1S/C44H29N3/c1-3-15-32(16-4-1)43-45-46-44(33-17-5-2-6-18-33)47(43)34-28-26-31(27-29-34)41-37-21-9-11-23-39(37)42(40-24-12-10-22-38(40)41)36-25-13-19-30-14-7-8-20-35(30)36/h1-29H. The number of nitrogens with zero attached hydrogens (tertiary/aromatic N) is 3. The lowest BCUT2D eigenvalue weighted by Gasteiger charge is -2.19. The van der Waals surface area contributed by atoms with Crippen LogP contribution in [0.3, 0.4) is 0 Å². The van der Waals surface area contributed by atoms with E-state index in [2.05, 4.69) is 154 Å². The predicted octanol–water partition coefficient (Wildman–Crippen LogP) is 11.4. The average Bonchev–Trinajstić information content (AvgIpc) is 3.60. The molecule has 0 saturated heterocycles. The van der Waals surface area contributed by atoms with Gasteiger partial charge in [0.15, 0.2) is 11.6 Å². The third kappa shape index (κ3) is 4.52. The van der Waals surface area contributed by atoms with Gasteiger partial charge in [-0.25, -0.2) is 0 Å². The van der Waals surface area contributed by atoms with E-state index in [4.69, 9.17) is 0 Å². The van der Waals surface area contributed by atoms with Gasteiger partial charge in [0, 0.05) is 16.8 Å². The maximum atomic E-state index is 4.67. The minimum atomic E-state index is 0.813. The van der Waals surface area contributed by atoms with E-state index >= 15 is 0 Å². The molecule has 9 rings (SSSR count). The van der Waals surface area contributed by atoms with E-state index < -0.39 is 0 Å². The normalized spacial score (nSPS) is 11.4. The highest BCUT2D eigenvalue weighted by atomic mass is 15.3. The first kappa shape index (κ1) is 27.0. The van der Waals surface area contributed by atoms with Crippen LogP contribution in [0.4, 0.5) is 0 Å². The van der Waals surface area contributed by atoms with Gasteiger partial charge in [-0.3, -0.25) is 4.57 Å². The summed E-state index contributed by atoms with van der Waals surface area (Å²) in [6.45, 7) is 0. The first-order valence-corrected chi connectivity index (χ1v) is 15.9. The molecule has 0 bridgehead atoms. The smallest absolute Gasteiger partial charge is 0.168 e. The number of rotatable bonds is 5. The lowest BCUT2D eigenvalue weighted by molar-refractivity contribution is 1.07. The van der Waals surface area contributed by atoms with Crippen molar-refractivity contribution >= 4 is 32.3 Å². The van der Waals surface area contributed by atoms with E-state index in [0.717, 1.165) is 28.5 Å². The first-order valence-electron chi connectivity index (χ1n) is 15.9. The van der Waals surface area contributed by atoms with E-state index in [1.165, 1.54) is 54.6 Å². The SMILES string of the molecule is c1ccc(-c2nnc(-c3ccccc3)n2-c2ccc(-c3c4ccccc4c(-c4cccc5ccccc45)c4ccccc34)cc2)cc1. The van der Waals surface area contributed by atoms with E-state index in [0.29, 0.717) is 0 Å². The zero-order valence-electron chi connectivity index (χ0n) is 25.6. The van der Waals surface area contributed by atoms with Gasteiger partial charge in [0.2, 0.25) is 0 Å². The highest BCUT2D eigenvalue weighted by Crippen LogP contribution is 2.45. The zero-order valence-corrected chi connectivity index (χ0v) is 25.6. The summed E-state index contributed by atoms with van der Waals surface area (Å²) in [5, 5.41) is 16.8. The van der Waals surface area contributed by atoms with Crippen LogP contribution >= 0.6 is 0 Å². The van der Waals surface area contributed by atoms with E-state index in [1.54, 1.807) is 0 Å². The second-order valence-corrected chi connectivity index (χ2v) is 11.8. The Kier molecular flexibility index (Phi) is 6.46. The van der Waals surface area contributed by atoms with E-state index in [-0.39, 0.29) is 0 Å². The summed E-state index contributed by atoms with van der Waals surface area (Å²) in [7, 11) is 0. The van der Waals surface area contributed by atoms with Gasteiger partial charge in [-0.1, -0.05) is 164 Å². The average molecular weight is 600 g/mol. The molecule has 0 aliphatic heterocycles. The molecule has 0 aliphatic carbocycles. The molecule has 220 valence electrons. The van der Waals surface area contributed by atoms with Crippen LogP contribution in [0.5, 0.6) is 0 Å². The van der Waals surface area contributed by atoms with Crippen molar-refractivity contribution in [2.24, 2.45) is 0 Å². The van der Waals surface area contributed by atoms with Gasteiger partial charge in [0.1, 0.15) is 0 Å². The third-order valence-corrected chi connectivity index (χ3v) is 9.13. The maximum Gasteiger partial charge on any atom is 0.168 e. The lowest BCUT2D eigenvalue weighted by Crippen LogP contribution is -2.00. The van der Waals surface area contributed by atoms with Crippen LogP contribution in [-0.4, -0.2) is 14.8 Å². The molecule has 1 heterocycles. The molecule has 8 aromatic carbocycles. The summed E-state index contributed by atoms with van der Waals surface area (Å²) >= 11 is 0. The van der Waals surface area contributed by atoms with E-state index in [9.17, 15) is 0 Å². The second-order valence-electron chi connectivity index (χ2n) is 11.8. The summed E-state index contributed by atoms with van der Waals surface area (Å²) in [5.74, 6) is 1.63. The monoisotopic (exact) mass is 599 g/mol. The highest BCUT2D eigenvalue weighted by molar-refractivity contribution is 6.23. The molecule has 9 aromatic rings. The Bertz CT molecular complexity index is 2430. The largest absolute Gasteiger partial charge is 0.275 e. The third-order valence-electron chi connectivity index (χ3n) is 9.13. The second kappa shape index (κ2) is 11.2. The molecule has 0 atom stereocenters. The Balaban J connectivity index is 1.26. The van der Waals surface area contributed by atoms with Gasteiger partial charge in [-0.05, 0) is 66.7 Å². The van der Waals surface area contributed by atoms with Gasteiger partial charge < -0.3 is 0 Å². The molecular weight excluding hydrogens is 571 g/mol. The summed E-state index contributed by atoms with van der Waals surface area (Å²) in [6.07, 6.45) is 0. The van der Waals surface area contributed by atoms with Gasteiger partial charge in [0.05, 0.1) is 0 Å². The molecule has 0 radical (unpaired) electrons. The molecule has 47 heavy (non-hydrogen) atoms. The van der Waals surface area contributed by atoms with Gasteiger partial charge in [-0.2, -0.15) is 0 Å². The van der Waals surface area contributed by atoms with Crippen molar-refractivity contribution < 1.29 is 0 Å². The Morgan fingerprint density at radius 1 is 0.319 bits per heavy atom. The molecule has 0 N–H and O–H groups in total. The van der Waals surface area contributed by atoms with Crippen LogP contribution in [0.25, 0.3) is 83.0 Å². The number of hydrogen-bond acceptors (Lipinski definition) is 2. The maximum absolute atomic E-state index is 4.67. The fourth-order valence-electron chi connectivity index (χ4n) is 7.03. The molecule has 3 heteroatoms.